The average molecular weight is 216 g/mol. The van der Waals surface area contributed by atoms with Gasteiger partial charge in [-0.15, -0.1) is 0 Å². The third-order valence-electron chi connectivity index (χ3n) is 4.00. The number of benzene rings is 1. The molecule has 1 aromatic rings. The maximum absolute atomic E-state index is 5.91. The van der Waals surface area contributed by atoms with Crippen LogP contribution in [-0.4, -0.2) is 12.6 Å². The highest BCUT2D eigenvalue weighted by Gasteiger charge is 2.36. The SMILES string of the molecule is Cc1ccc2c(c1)NC(C1CC1)CC2CN. The minimum absolute atomic E-state index is 0.558. The van der Waals surface area contributed by atoms with Crippen LogP contribution in [0, 0.1) is 12.8 Å². The summed E-state index contributed by atoms with van der Waals surface area (Å²) in [6.45, 7) is 2.93. The van der Waals surface area contributed by atoms with Gasteiger partial charge in [0.2, 0.25) is 0 Å². The highest BCUT2D eigenvalue weighted by molar-refractivity contribution is 5.57. The summed E-state index contributed by atoms with van der Waals surface area (Å²) in [6, 6.07) is 7.38. The van der Waals surface area contributed by atoms with E-state index in [1.165, 1.54) is 36.1 Å². The molecule has 3 N–H and O–H groups in total. The lowest BCUT2D eigenvalue weighted by Gasteiger charge is -2.33. The summed E-state index contributed by atoms with van der Waals surface area (Å²) in [7, 11) is 0. The predicted octanol–water partition coefficient (Wildman–Crippen LogP) is 2.63. The lowest BCUT2D eigenvalue weighted by atomic mass is 9.85. The second kappa shape index (κ2) is 3.77. The van der Waals surface area contributed by atoms with E-state index in [4.69, 9.17) is 5.73 Å². The fraction of sp³-hybridized carbons (Fsp3) is 0.571. The van der Waals surface area contributed by atoms with Crippen LogP contribution in [0.5, 0.6) is 0 Å². The number of hydrogen-bond acceptors (Lipinski definition) is 2. The normalized spacial score (nSPS) is 28.4. The predicted molar refractivity (Wildman–Crippen MR) is 67.7 cm³/mol. The smallest absolute Gasteiger partial charge is 0.0380 e. The van der Waals surface area contributed by atoms with Crippen LogP contribution in [0.4, 0.5) is 5.69 Å². The van der Waals surface area contributed by atoms with Crippen LogP contribution in [0.3, 0.4) is 0 Å². The van der Waals surface area contributed by atoms with Crippen molar-refractivity contribution in [3.8, 4) is 0 Å². The molecule has 1 aliphatic heterocycles. The van der Waals surface area contributed by atoms with Crippen molar-refractivity contribution in [3.63, 3.8) is 0 Å². The van der Waals surface area contributed by atoms with Crippen molar-refractivity contribution in [1.29, 1.82) is 0 Å². The number of fused-ring (bicyclic) bond motifs is 1. The van der Waals surface area contributed by atoms with E-state index in [1.807, 2.05) is 0 Å². The van der Waals surface area contributed by atoms with E-state index in [9.17, 15) is 0 Å². The summed E-state index contributed by atoms with van der Waals surface area (Å²) in [5, 5.41) is 3.71. The van der Waals surface area contributed by atoms with Crippen LogP contribution >= 0.6 is 0 Å². The molecule has 2 atom stereocenters. The van der Waals surface area contributed by atoms with Gasteiger partial charge in [0.25, 0.3) is 0 Å². The number of hydrogen-bond donors (Lipinski definition) is 2. The van der Waals surface area contributed by atoms with Crippen LogP contribution in [0.1, 0.15) is 36.3 Å². The zero-order valence-corrected chi connectivity index (χ0v) is 9.87. The fourth-order valence-electron chi connectivity index (χ4n) is 2.88. The molecule has 86 valence electrons. The van der Waals surface area contributed by atoms with Gasteiger partial charge < -0.3 is 11.1 Å². The average Bonchev–Trinajstić information content (AvgIpc) is 3.10. The molecule has 2 unspecified atom stereocenters. The van der Waals surface area contributed by atoms with Gasteiger partial charge in [0, 0.05) is 17.6 Å². The molecule has 16 heavy (non-hydrogen) atoms. The lowest BCUT2D eigenvalue weighted by Crippen LogP contribution is -2.32. The van der Waals surface area contributed by atoms with Crippen LogP contribution in [0.15, 0.2) is 18.2 Å². The fourth-order valence-corrected chi connectivity index (χ4v) is 2.88. The van der Waals surface area contributed by atoms with Crippen molar-refractivity contribution in [3.05, 3.63) is 29.3 Å². The molecule has 0 amide bonds. The van der Waals surface area contributed by atoms with Crippen LogP contribution in [0.2, 0.25) is 0 Å². The van der Waals surface area contributed by atoms with Crippen LogP contribution < -0.4 is 11.1 Å². The Morgan fingerprint density at radius 3 is 2.88 bits per heavy atom. The summed E-state index contributed by atoms with van der Waals surface area (Å²) in [4.78, 5) is 0. The molecular weight excluding hydrogens is 196 g/mol. The van der Waals surface area contributed by atoms with Gasteiger partial charge in [0.05, 0.1) is 0 Å². The second-order valence-corrected chi connectivity index (χ2v) is 5.35. The van der Waals surface area contributed by atoms with Crippen LogP contribution in [-0.2, 0) is 0 Å². The lowest BCUT2D eigenvalue weighted by molar-refractivity contribution is 0.497. The zero-order chi connectivity index (χ0) is 11.1. The Hall–Kier alpha value is -1.02. The van der Waals surface area contributed by atoms with Crippen molar-refractivity contribution in [1.82, 2.24) is 0 Å². The maximum Gasteiger partial charge on any atom is 0.0380 e. The van der Waals surface area contributed by atoms with E-state index in [2.05, 4.69) is 30.4 Å². The van der Waals surface area contributed by atoms with Gasteiger partial charge in [-0.25, -0.2) is 0 Å². The molecule has 1 aliphatic carbocycles. The number of anilines is 1. The van der Waals surface area contributed by atoms with Gasteiger partial charge in [0.15, 0.2) is 0 Å². The zero-order valence-electron chi connectivity index (χ0n) is 9.87. The van der Waals surface area contributed by atoms with E-state index < -0.39 is 0 Å². The molecule has 0 radical (unpaired) electrons. The van der Waals surface area contributed by atoms with E-state index in [-0.39, 0.29) is 0 Å². The summed E-state index contributed by atoms with van der Waals surface area (Å²) in [5.74, 6) is 1.46. The van der Waals surface area contributed by atoms with Crippen molar-refractivity contribution in [2.45, 2.75) is 38.1 Å². The highest BCUT2D eigenvalue weighted by atomic mass is 15.0. The largest absolute Gasteiger partial charge is 0.382 e. The van der Waals surface area contributed by atoms with Gasteiger partial charge >= 0.3 is 0 Å². The quantitative estimate of drug-likeness (QED) is 0.797. The Bertz CT molecular complexity index is 396. The molecule has 1 fully saturated rings. The van der Waals surface area contributed by atoms with E-state index in [1.54, 1.807) is 0 Å². The standard InChI is InChI=1S/C14H20N2/c1-9-2-5-12-11(8-15)7-13(10-3-4-10)16-14(12)6-9/h2,5-6,10-11,13,16H,3-4,7-8,15H2,1H3. The van der Waals surface area contributed by atoms with E-state index in [0.29, 0.717) is 12.0 Å². The molecule has 2 heteroatoms. The summed E-state index contributed by atoms with van der Waals surface area (Å²) < 4.78 is 0. The Labute approximate surface area is 97.2 Å². The summed E-state index contributed by atoms with van der Waals surface area (Å²) in [6.07, 6.45) is 4.02. The van der Waals surface area contributed by atoms with Gasteiger partial charge in [-0.3, -0.25) is 0 Å². The Kier molecular flexibility index (Phi) is 2.40. The maximum atomic E-state index is 5.91. The molecule has 0 bridgehead atoms. The molecule has 1 saturated carbocycles. The van der Waals surface area contributed by atoms with Gasteiger partial charge in [-0.1, -0.05) is 12.1 Å². The van der Waals surface area contributed by atoms with Crippen molar-refractivity contribution >= 4 is 5.69 Å². The van der Waals surface area contributed by atoms with Gasteiger partial charge in [-0.2, -0.15) is 0 Å². The molecule has 2 nitrogen and oxygen atoms in total. The first-order valence-electron chi connectivity index (χ1n) is 6.35. The minimum atomic E-state index is 0.558. The van der Waals surface area contributed by atoms with Crippen molar-refractivity contribution in [2.24, 2.45) is 11.7 Å². The number of nitrogens with one attached hydrogen (secondary N) is 1. The molecule has 0 aromatic heterocycles. The Morgan fingerprint density at radius 1 is 1.38 bits per heavy atom. The van der Waals surface area contributed by atoms with Crippen molar-refractivity contribution < 1.29 is 0 Å². The third kappa shape index (κ3) is 1.71. The number of nitrogens with two attached hydrogens (primary N) is 1. The number of rotatable bonds is 2. The Balaban J connectivity index is 1.94. The molecule has 0 saturated heterocycles. The molecule has 2 aliphatic rings. The van der Waals surface area contributed by atoms with Gasteiger partial charge in [0.1, 0.15) is 0 Å². The van der Waals surface area contributed by atoms with Gasteiger partial charge in [-0.05, 0) is 55.8 Å². The molecular formula is C14H20N2. The Morgan fingerprint density at radius 2 is 2.19 bits per heavy atom. The van der Waals surface area contributed by atoms with Crippen molar-refractivity contribution in [2.75, 3.05) is 11.9 Å². The molecule has 1 aromatic carbocycles. The molecule has 0 spiro atoms. The molecule has 1 heterocycles. The molecule has 3 rings (SSSR count). The number of aryl methyl sites for hydroxylation is 1. The summed E-state index contributed by atoms with van der Waals surface area (Å²) >= 11 is 0. The first-order valence-corrected chi connectivity index (χ1v) is 6.35. The first-order chi connectivity index (χ1) is 7.78. The second-order valence-electron chi connectivity index (χ2n) is 5.35. The van der Waals surface area contributed by atoms with E-state index >= 15 is 0 Å². The topological polar surface area (TPSA) is 38.0 Å². The third-order valence-corrected chi connectivity index (χ3v) is 4.00. The summed E-state index contributed by atoms with van der Waals surface area (Å²) in [5.41, 5.74) is 10.00. The minimum Gasteiger partial charge on any atom is -0.382 e. The van der Waals surface area contributed by atoms with Crippen LogP contribution in [0.25, 0.3) is 0 Å². The highest BCUT2D eigenvalue weighted by Crippen LogP contribution is 2.43. The first kappa shape index (κ1) is 10.2. The monoisotopic (exact) mass is 216 g/mol. The van der Waals surface area contributed by atoms with E-state index in [0.717, 1.165) is 12.5 Å².